The van der Waals surface area contributed by atoms with Crippen LogP contribution < -0.4 is 10.1 Å². The number of fused-ring (bicyclic) bond motifs is 1. The number of carbonyl (C=O) groups is 4. The van der Waals surface area contributed by atoms with E-state index in [2.05, 4.69) is 5.32 Å². The summed E-state index contributed by atoms with van der Waals surface area (Å²) in [6, 6.07) is 7.17. The van der Waals surface area contributed by atoms with E-state index in [9.17, 15) is 29.3 Å². The summed E-state index contributed by atoms with van der Waals surface area (Å²) < 4.78 is 9.83. The molecule has 2 aromatic carbocycles. The summed E-state index contributed by atoms with van der Waals surface area (Å²) in [4.78, 5) is 61.1. The van der Waals surface area contributed by atoms with Crippen LogP contribution in [-0.2, 0) is 16.1 Å². The number of hydrogen-bond acceptors (Lipinski definition) is 8. The Hall–Kier alpha value is -4.28. The molecule has 0 spiro atoms. The Labute approximate surface area is 182 Å². The van der Waals surface area contributed by atoms with Crippen molar-refractivity contribution in [3.05, 3.63) is 68.8 Å². The number of rotatable bonds is 7. The molecule has 1 N–H and O–H groups in total. The number of nitro benzene ring substituents is 1. The first-order chi connectivity index (χ1) is 15.2. The second kappa shape index (κ2) is 8.84. The minimum absolute atomic E-state index is 0.0134. The maximum Gasteiger partial charge on any atom is 0.341 e. The molecule has 1 aliphatic rings. The van der Waals surface area contributed by atoms with Gasteiger partial charge in [-0.05, 0) is 30.7 Å². The molecule has 3 amide bonds. The molecule has 0 aromatic heterocycles. The predicted molar refractivity (Wildman–Crippen MR) is 109 cm³/mol. The molecule has 0 aliphatic carbocycles. The van der Waals surface area contributed by atoms with Crippen molar-refractivity contribution in [2.24, 2.45) is 0 Å². The lowest BCUT2D eigenvalue weighted by Gasteiger charge is -2.21. The third-order valence-electron chi connectivity index (χ3n) is 5.02. The summed E-state index contributed by atoms with van der Waals surface area (Å²) >= 11 is 0. The maximum absolute atomic E-state index is 12.7. The molecule has 3 rings (SSSR count). The standard InChI is InChI=1S/C21H19N3O8/c1-11(23-19(26)13-5-4-6-15(24(29)30)17(13)20(23)27)18(25)22-10-12-7-8-16(31-2)14(9-12)21(28)32-3/h4-9,11H,10H2,1-3H3,(H,22,25). The van der Waals surface area contributed by atoms with Crippen molar-refractivity contribution in [3.63, 3.8) is 0 Å². The van der Waals surface area contributed by atoms with Crippen molar-refractivity contribution < 1.29 is 33.6 Å². The monoisotopic (exact) mass is 441 g/mol. The fraction of sp³-hybridized carbons (Fsp3) is 0.238. The van der Waals surface area contributed by atoms with Crippen molar-refractivity contribution in [3.8, 4) is 5.75 Å². The van der Waals surface area contributed by atoms with Crippen LogP contribution in [0.4, 0.5) is 5.69 Å². The highest BCUT2D eigenvalue weighted by Gasteiger charge is 2.44. The van der Waals surface area contributed by atoms with E-state index < -0.39 is 40.3 Å². The van der Waals surface area contributed by atoms with Crippen molar-refractivity contribution in [1.82, 2.24) is 10.2 Å². The number of nitrogens with one attached hydrogen (secondary N) is 1. The average molecular weight is 441 g/mol. The van der Waals surface area contributed by atoms with E-state index >= 15 is 0 Å². The molecule has 0 saturated heterocycles. The maximum atomic E-state index is 12.7. The van der Waals surface area contributed by atoms with E-state index in [0.717, 1.165) is 6.07 Å². The lowest BCUT2D eigenvalue weighted by molar-refractivity contribution is -0.385. The summed E-state index contributed by atoms with van der Waals surface area (Å²) in [5.74, 6) is -2.66. The molecule has 1 atom stereocenters. The summed E-state index contributed by atoms with van der Waals surface area (Å²) in [6.07, 6.45) is 0. The molecule has 0 fully saturated rings. The van der Waals surface area contributed by atoms with Gasteiger partial charge in [0.15, 0.2) is 0 Å². The molecular formula is C21H19N3O8. The van der Waals surface area contributed by atoms with Crippen molar-refractivity contribution in [2.75, 3.05) is 14.2 Å². The number of nitro groups is 1. The van der Waals surface area contributed by atoms with Gasteiger partial charge in [0, 0.05) is 12.6 Å². The normalized spacial score (nSPS) is 13.4. The molecule has 2 aromatic rings. The number of imide groups is 1. The molecule has 32 heavy (non-hydrogen) atoms. The van der Waals surface area contributed by atoms with Crippen LogP contribution in [0.2, 0.25) is 0 Å². The molecule has 11 nitrogen and oxygen atoms in total. The minimum Gasteiger partial charge on any atom is -0.496 e. The number of hydrogen-bond donors (Lipinski definition) is 1. The number of methoxy groups -OCH3 is 2. The zero-order valence-electron chi connectivity index (χ0n) is 17.4. The Kier molecular flexibility index (Phi) is 6.19. The smallest absolute Gasteiger partial charge is 0.341 e. The number of amides is 3. The van der Waals surface area contributed by atoms with Gasteiger partial charge in [0.1, 0.15) is 22.9 Å². The fourth-order valence-electron chi connectivity index (χ4n) is 3.38. The molecule has 166 valence electrons. The fourth-order valence-corrected chi connectivity index (χ4v) is 3.38. The summed E-state index contributed by atoms with van der Waals surface area (Å²) in [7, 11) is 2.63. The van der Waals surface area contributed by atoms with Crippen LogP contribution in [0.15, 0.2) is 36.4 Å². The summed E-state index contributed by atoms with van der Waals surface area (Å²) in [5.41, 5.74) is -0.238. The highest BCUT2D eigenvalue weighted by molar-refractivity contribution is 6.24. The first-order valence-electron chi connectivity index (χ1n) is 9.39. The minimum atomic E-state index is -1.22. The third-order valence-corrected chi connectivity index (χ3v) is 5.02. The van der Waals surface area contributed by atoms with Gasteiger partial charge in [0.2, 0.25) is 5.91 Å². The lowest BCUT2D eigenvalue weighted by atomic mass is 10.1. The van der Waals surface area contributed by atoms with E-state index in [1.54, 1.807) is 12.1 Å². The van der Waals surface area contributed by atoms with Crippen LogP contribution in [0, 0.1) is 10.1 Å². The van der Waals surface area contributed by atoms with Gasteiger partial charge in [-0.15, -0.1) is 0 Å². The van der Waals surface area contributed by atoms with Gasteiger partial charge in [-0.3, -0.25) is 29.4 Å². The number of nitrogens with zero attached hydrogens (tertiary/aromatic N) is 2. The molecular weight excluding hydrogens is 422 g/mol. The first kappa shape index (κ1) is 22.4. The predicted octanol–water partition coefficient (Wildman–Crippen LogP) is 1.69. The van der Waals surface area contributed by atoms with Crippen LogP contribution >= 0.6 is 0 Å². The van der Waals surface area contributed by atoms with Gasteiger partial charge in [0.25, 0.3) is 17.5 Å². The van der Waals surface area contributed by atoms with Gasteiger partial charge in [-0.1, -0.05) is 12.1 Å². The van der Waals surface area contributed by atoms with Crippen molar-refractivity contribution in [1.29, 1.82) is 0 Å². The topological polar surface area (TPSA) is 145 Å². The third kappa shape index (κ3) is 3.87. The average Bonchev–Trinajstić information content (AvgIpc) is 3.06. The van der Waals surface area contributed by atoms with Gasteiger partial charge in [-0.25, -0.2) is 4.79 Å². The number of carbonyl (C=O) groups excluding carboxylic acids is 4. The second-order valence-corrected chi connectivity index (χ2v) is 6.86. The number of ether oxygens (including phenoxy) is 2. The zero-order valence-corrected chi connectivity index (χ0v) is 17.4. The van der Waals surface area contributed by atoms with Gasteiger partial charge >= 0.3 is 5.97 Å². The first-order valence-corrected chi connectivity index (χ1v) is 9.39. The summed E-state index contributed by atoms with van der Waals surface area (Å²) in [5, 5.41) is 13.8. The second-order valence-electron chi connectivity index (χ2n) is 6.86. The SMILES string of the molecule is COC(=O)c1cc(CNC(=O)C(C)N2C(=O)c3cccc([N+](=O)[O-])c3C2=O)ccc1OC. The van der Waals surface area contributed by atoms with Gasteiger partial charge in [0.05, 0.1) is 24.7 Å². The van der Waals surface area contributed by atoms with Crippen molar-refractivity contribution >= 4 is 29.4 Å². The number of benzene rings is 2. The van der Waals surface area contributed by atoms with Gasteiger partial charge in [-0.2, -0.15) is 0 Å². The van der Waals surface area contributed by atoms with E-state index in [-0.39, 0.29) is 23.2 Å². The van der Waals surface area contributed by atoms with E-state index in [0.29, 0.717) is 16.2 Å². The highest BCUT2D eigenvalue weighted by atomic mass is 16.6. The quantitative estimate of drug-likeness (QED) is 0.296. The Morgan fingerprint density at radius 1 is 1.16 bits per heavy atom. The molecule has 0 bridgehead atoms. The molecule has 0 saturated carbocycles. The Bertz CT molecular complexity index is 1140. The van der Waals surface area contributed by atoms with Crippen LogP contribution in [0.1, 0.15) is 43.6 Å². The molecule has 11 heteroatoms. The Morgan fingerprint density at radius 3 is 2.50 bits per heavy atom. The van der Waals surface area contributed by atoms with E-state index in [1.807, 2.05) is 0 Å². The molecule has 1 unspecified atom stereocenters. The Balaban J connectivity index is 1.77. The van der Waals surface area contributed by atoms with Gasteiger partial charge < -0.3 is 14.8 Å². The van der Waals surface area contributed by atoms with Crippen molar-refractivity contribution in [2.45, 2.75) is 19.5 Å². The molecule has 0 radical (unpaired) electrons. The zero-order chi connectivity index (χ0) is 23.6. The number of esters is 1. The van der Waals surface area contributed by atoms with Crippen LogP contribution in [0.5, 0.6) is 5.75 Å². The Morgan fingerprint density at radius 2 is 1.88 bits per heavy atom. The van der Waals surface area contributed by atoms with Crippen LogP contribution in [0.3, 0.4) is 0 Å². The lowest BCUT2D eigenvalue weighted by Crippen LogP contribution is -2.47. The summed E-state index contributed by atoms with van der Waals surface area (Å²) in [6.45, 7) is 1.33. The van der Waals surface area contributed by atoms with Crippen LogP contribution in [-0.4, -0.2) is 53.8 Å². The van der Waals surface area contributed by atoms with E-state index in [1.165, 1.54) is 39.3 Å². The molecule has 1 heterocycles. The van der Waals surface area contributed by atoms with E-state index in [4.69, 9.17) is 9.47 Å². The molecule has 1 aliphatic heterocycles. The highest BCUT2D eigenvalue weighted by Crippen LogP contribution is 2.32. The largest absolute Gasteiger partial charge is 0.496 e. The van der Waals surface area contributed by atoms with Crippen LogP contribution in [0.25, 0.3) is 0 Å².